The number of hydrogen-bond donors (Lipinski definition) is 2. The highest BCUT2D eigenvalue weighted by Crippen LogP contribution is 2.26. The van der Waals surface area contributed by atoms with E-state index in [0.29, 0.717) is 5.56 Å². The Bertz CT molecular complexity index is 554. The van der Waals surface area contributed by atoms with Crippen LogP contribution in [0.5, 0.6) is 0 Å². The Labute approximate surface area is 99.6 Å². The number of aliphatic hydroxyl groups is 2. The fourth-order valence-electron chi connectivity index (χ4n) is 1.92. The summed E-state index contributed by atoms with van der Waals surface area (Å²) in [6, 6.07) is 15.1. The molecular formula is C14H13NO2. The molecule has 0 saturated heterocycles. The van der Waals surface area contributed by atoms with Crippen molar-refractivity contribution in [2.75, 3.05) is 0 Å². The maximum Gasteiger partial charge on any atom is 0.106 e. The van der Waals surface area contributed by atoms with Crippen molar-refractivity contribution in [2.24, 2.45) is 0 Å². The van der Waals surface area contributed by atoms with E-state index in [4.69, 9.17) is 5.26 Å². The van der Waals surface area contributed by atoms with Crippen LogP contribution in [0.15, 0.2) is 42.5 Å². The van der Waals surface area contributed by atoms with Gasteiger partial charge in [0.25, 0.3) is 0 Å². The molecule has 2 unspecified atom stereocenters. The number of hydrogen-bond acceptors (Lipinski definition) is 3. The summed E-state index contributed by atoms with van der Waals surface area (Å²) in [6.07, 6.45) is -2.16. The summed E-state index contributed by atoms with van der Waals surface area (Å²) in [5.41, 5.74) is 0.658. The molecule has 2 N–H and O–H groups in total. The molecule has 3 heteroatoms. The van der Waals surface area contributed by atoms with Crippen LogP contribution in [0.4, 0.5) is 0 Å². The zero-order chi connectivity index (χ0) is 12.3. The minimum atomic E-state index is -1.05. The zero-order valence-electron chi connectivity index (χ0n) is 9.24. The SMILES string of the molecule is N#CCC(O)C(O)c1cccc2ccccc12. The predicted octanol–water partition coefficient (Wildman–Crippen LogP) is 2.15. The number of aliphatic hydroxyl groups excluding tert-OH is 2. The first-order valence-electron chi connectivity index (χ1n) is 5.45. The Kier molecular flexibility index (Phi) is 3.38. The van der Waals surface area contributed by atoms with E-state index >= 15 is 0 Å². The van der Waals surface area contributed by atoms with Gasteiger partial charge in [0.2, 0.25) is 0 Å². The molecule has 2 aromatic carbocycles. The topological polar surface area (TPSA) is 64.2 Å². The lowest BCUT2D eigenvalue weighted by atomic mass is 9.96. The molecule has 2 rings (SSSR count). The molecule has 2 atom stereocenters. The van der Waals surface area contributed by atoms with E-state index in [1.807, 2.05) is 42.5 Å². The average Bonchev–Trinajstić information content (AvgIpc) is 2.37. The lowest BCUT2D eigenvalue weighted by molar-refractivity contribution is 0.0225. The van der Waals surface area contributed by atoms with Crippen LogP contribution in [-0.4, -0.2) is 16.3 Å². The Morgan fingerprint density at radius 2 is 1.76 bits per heavy atom. The highest BCUT2D eigenvalue weighted by molar-refractivity contribution is 5.86. The Morgan fingerprint density at radius 3 is 2.53 bits per heavy atom. The third kappa shape index (κ3) is 2.28. The van der Waals surface area contributed by atoms with E-state index in [2.05, 4.69) is 0 Å². The van der Waals surface area contributed by atoms with Gasteiger partial charge in [-0.1, -0.05) is 42.5 Å². The fraction of sp³-hybridized carbons (Fsp3) is 0.214. The van der Waals surface area contributed by atoms with Crippen LogP contribution < -0.4 is 0 Å². The van der Waals surface area contributed by atoms with Crippen molar-refractivity contribution in [3.05, 3.63) is 48.0 Å². The molecule has 17 heavy (non-hydrogen) atoms. The first-order chi connectivity index (χ1) is 8.24. The molecule has 86 valence electrons. The third-order valence-electron chi connectivity index (χ3n) is 2.81. The minimum absolute atomic E-state index is 0.0790. The van der Waals surface area contributed by atoms with Crippen molar-refractivity contribution < 1.29 is 10.2 Å². The van der Waals surface area contributed by atoms with Gasteiger partial charge < -0.3 is 10.2 Å². The monoisotopic (exact) mass is 227 g/mol. The van der Waals surface area contributed by atoms with Crippen LogP contribution in [0.2, 0.25) is 0 Å². The van der Waals surface area contributed by atoms with E-state index in [0.717, 1.165) is 10.8 Å². The first kappa shape index (κ1) is 11.6. The number of nitriles is 1. The molecule has 0 heterocycles. The normalized spacial score (nSPS) is 14.2. The van der Waals surface area contributed by atoms with E-state index < -0.39 is 12.2 Å². The highest BCUT2D eigenvalue weighted by atomic mass is 16.3. The second-order valence-electron chi connectivity index (χ2n) is 3.94. The van der Waals surface area contributed by atoms with Crippen molar-refractivity contribution in [2.45, 2.75) is 18.6 Å². The third-order valence-corrected chi connectivity index (χ3v) is 2.81. The summed E-state index contributed by atoms with van der Waals surface area (Å²) in [6.45, 7) is 0. The van der Waals surface area contributed by atoms with Gasteiger partial charge in [0.05, 0.1) is 18.6 Å². The van der Waals surface area contributed by atoms with Gasteiger partial charge in [-0.3, -0.25) is 0 Å². The number of benzene rings is 2. The van der Waals surface area contributed by atoms with Gasteiger partial charge in [0.1, 0.15) is 6.10 Å². The molecule has 0 radical (unpaired) electrons. The molecule has 2 aromatic rings. The van der Waals surface area contributed by atoms with Crippen LogP contribution in [0.25, 0.3) is 10.8 Å². The molecular weight excluding hydrogens is 214 g/mol. The smallest absolute Gasteiger partial charge is 0.106 e. The van der Waals surface area contributed by atoms with Gasteiger partial charge in [0.15, 0.2) is 0 Å². The first-order valence-corrected chi connectivity index (χ1v) is 5.45. The largest absolute Gasteiger partial charge is 0.389 e. The maximum atomic E-state index is 10.0. The van der Waals surface area contributed by atoms with Gasteiger partial charge in [-0.2, -0.15) is 5.26 Å². The lowest BCUT2D eigenvalue weighted by Gasteiger charge is -2.17. The van der Waals surface area contributed by atoms with Crippen LogP contribution >= 0.6 is 0 Å². The molecule has 0 aliphatic carbocycles. The summed E-state index contributed by atoms with van der Waals surface area (Å²) in [5, 5.41) is 30.1. The van der Waals surface area contributed by atoms with Gasteiger partial charge in [-0.05, 0) is 16.3 Å². The van der Waals surface area contributed by atoms with Gasteiger partial charge >= 0.3 is 0 Å². The molecule has 3 nitrogen and oxygen atoms in total. The van der Waals surface area contributed by atoms with Crippen molar-refractivity contribution in [3.63, 3.8) is 0 Å². The number of fused-ring (bicyclic) bond motifs is 1. The minimum Gasteiger partial charge on any atom is -0.389 e. The number of nitrogens with zero attached hydrogens (tertiary/aromatic N) is 1. The molecule has 0 spiro atoms. The van der Waals surface area contributed by atoms with E-state index in [1.54, 1.807) is 6.07 Å². The van der Waals surface area contributed by atoms with Crippen molar-refractivity contribution in [1.29, 1.82) is 5.26 Å². The summed E-state index contributed by atoms with van der Waals surface area (Å²) in [7, 11) is 0. The van der Waals surface area contributed by atoms with Crippen molar-refractivity contribution in [3.8, 4) is 6.07 Å². The molecule has 0 amide bonds. The number of rotatable bonds is 3. The predicted molar refractivity (Wildman–Crippen MR) is 65.1 cm³/mol. The maximum absolute atomic E-state index is 10.0. The summed E-state index contributed by atoms with van der Waals surface area (Å²) in [4.78, 5) is 0. The Balaban J connectivity index is 2.45. The van der Waals surface area contributed by atoms with Crippen molar-refractivity contribution in [1.82, 2.24) is 0 Å². The molecule has 0 aromatic heterocycles. The Morgan fingerprint density at radius 1 is 1.06 bits per heavy atom. The van der Waals surface area contributed by atoms with E-state index in [1.165, 1.54) is 0 Å². The second kappa shape index (κ2) is 4.96. The zero-order valence-corrected chi connectivity index (χ0v) is 9.24. The van der Waals surface area contributed by atoms with Gasteiger partial charge in [-0.25, -0.2) is 0 Å². The fourth-order valence-corrected chi connectivity index (χ4v) is 1.92. The molecule has 0 fully saturated rings. The summed E-state index contributed by atoms with van der Waals surface area (Å²) in [5.74, 6) is 0. The highest BCUT2D eigenvalue weighted by Gasteiger charge is 2.19. The second-order valence-corrected chi connectivity index (χ2v) is 3.94. The van der Waals surface area contributed by atoms with Gasteiger partial charge in [0, 0.05) is 0 Å². The van der Waals surface area contributed by atoms with Crippen LogP contribution in [0.1, 0.15) is 18.1 Å². The van der Waals surface area contributed by atoms with Crippen molar-refractivity contribution >= 4 is 10.8 Å². The van der Waals surface area contributed by atoms with Gasteiger partial charge in [-0.15, -0.1) is 0 Å². The Hall–Kier alpha value is -1.89. The molecule has 0 aliphatic heterocycles. The summed E-state index contributed by atoms with van der Waals surface area (Å²) >= 11 is 0. The average molecular weight is 227 g/mol. The van der Waals surface area contributed by atoms with E-state index in [-0.39, 0.29) is 6.42 Å². The van der Waals surface area contributed by atoms with Crippen LogP contribution in [0.3, 0.4) is 0 Å². The quantitative estimate of drug-likeness (QED) is 0.844. The van der Waals surface area contributed by atoms with Crippen LogP contribution in [-0.2, 0) is 0 Å². The van der Waals surface area contributed by atoms with Crippen LogP contribution in [0, 0.1) is 11.3 Å². The molecule has 0 aliphatic rings. The standard InChI is InChI=1S/C14H13NO2/c15-9-8-13(16)14(17)12-7-3-5-10-4-1-2-6-11(10)12/h1-7,13-14,16-17H,8H2. The summed E-state index contributed by atoms with van der Waals surface area (Å²) < 4.78 is 0. The molecule has 0 bridgehead atoms. The van der Waals surface area contributed by atoms with E-state index in [9.17, 15) is 10.2 Å². The molecule has 0 saturated carbocycles. The lowest BCUT2D eigenvalue weighted by Crippen LogP contribution is -2.17.